The van der Waals surface area contributed by atoms with Crippen LogP contribution in [-0.2, 0) is 9.47 Å². The summed E-state index contributed by atoms with van der Waals surface area (Å²) in [6, 6.07) is 1.41. The normalized spacial score (nSPS) is 34.0. The molecule has 2 fully saturated rings. The molecule has 0 aromatic carbocycles. The average molecular weight is 256 g/mol. The number of hydrogen-bond donors (Lipinski definition) is 2. The molecule has 4 unspecified atom stereocenters. The Morgan fingerprint density at radius 1 is 1.22 bits per heavy atom. The lowest BCUT2D eigenvalue weighted by atomic mass is 9.93. The second-order valence-electron chi connectivity index (χ2n) is 5.63. The highest BCUT2D eigenvalue weighted by molar-refractivity contribution is 4.93. The minimum atomic E-state index is 0.174. The third-order valence-electron chi connectivity index (χ3n) is 4.48. The Balaban J connectivity index is 1.76. The van der Waals surface area contributed by atoms with E-state index in [9.17, 15) is 0 Å². The molecule has 2 aliphatic rings. The summed E-state index contributed by atoms with van der Waals surface area (Å²) in [5.74, 6) is 0.813. The predicted octanol–water partition coefficient (Wildman–Crippen LogP) is 1.16. The maximum Gasteiger partial charge on any atom is 0.0928 e. The molecular weight excluding hydrogens is 228 g/mol. The fourth-order valence-electron chi connectivity index (χ4n) is 3.48. The van der Waals surface area contributed by atoms with Gasteiger partial charge in [0.1, 0.15) is 0 Å². The molecule has 1 saturated heterocycles. The molecule has 4 atom stereocenters. The summed E-state index contributed by atoms with van der Waals surface area (Å²) in [5.41, 5.74) is 0. The van der Waals surface area contributed by atoms with Gasteiger partial charge in [0.15, 0.2) is 0 Å². The fraction of sp³-hybridized carbons (Fsp3) is 1.00. The van der Waals surface area contributed by atoms with Gasteiger partial charge >= 0.3 is 0 Å². The molecule has 18 heavy (non-hydrogen) atoms. The van der Waals surface area contributed by atoms with Crippen molar-refractivity contribution in [2.75, 3.05) is 33.9 Å². The molecular formula is C14H28N2O2. The molecule has 0 aromatic heterocycles. The van der Waals surface area contributed by atoms with E-state index in [1.807, 2.05) is 0 Å². The van der Waals surface area contributed by atoms with E-state index in [1.54, 1.807) is 14.2 Å². The topological polar surface area (TPSA) is 42.5 Å². The highest BCUT2D eigenvalue weighted by Gasteiger charge is 2.34. The summed E-state index contributed by atoms with van der Waals surface area (Å²) in [5, 5.41) is 7.36. The van der Waals surface area contributed by atoms with Gasteiger partial charge < -0.3 is 20.1 Å². The maximum atomic E-state index is 5.41. The van der Waals surface area contributed by atoms with E-state index in [2.05, 4.69) is 10.6 Å². The van der Waals surface area contributed by atoms with Crippen LogP contribution < -0.4 is 10.6 Å². The number of hydrogen-bond acceptors (Lipinski definition) is 4. The molecule has 2 N–H and O–H groups in total. The number of methoxy groups -OCH3 is 2. The second kappa shape index (κ2) is 7.43. The lowest BCUT2D eigenvalue weighted by molar-refractivity contribution is 0.0263. The van der Waals surface area contributed by atoms with Gasteiger partial charge in [-0.2, -0.15) is 0 Å². The van der Waals surface area contributed by atoms with Crippen molar-refractivity contribution in [2.45, 2.75) is 50.3 Å². The van der Waals surface area contributed by atoms with Crippen molar-refractivity contribution < 1.29 is 9.47 Å². The third-order valence-corrected chi connectivity index (χ3v) is 4.48. The van der Waals surface area contributed by atoms with Gasteiger partial charge in [0.05, 0.1) is 12.7 Å². The Labute approximate surface area is 111 Å². The van der Waals surface area contributed by atoms with E-state index >= 15 is 0 Å². The van der Waals surface area contributed by atoms with Crippen LogP contribution in [0.1, 0.15) is 32.1 Å². The zero-order valence-corrected chi connectivity index (χ0v) is 11.8. The SMILES string of the molecule is COCC(CNC1CCCC1C1CCCN1)OC. The quantitative estimate of drug-likeness (QED) is 0.717. The summed E-state index contributed by atoms with van der Waals surface area (Å²) in [7, 11) is 3.49. The molecule has 1 heterocycles. The van der Waals surface area contributed by atoms with Gasteiger partial charge in [-0.3, -0.25) is 0 Å². The molecule has 2 rings (SSSR count). The Hall–Kier alpha value is -0.160. The van der Waals surface area contributed by atoms with E-state index < -0.39 is 0 Å². The van der Waals surface area contributed by atoms with E-state index in [4.69, 9.17) is 9.47 Å². The molecule has 1 saturated carbocycles. The molecule has 4 nitrogen and oxygen atoms in total. The third kappa shape index (κ3) is 3.67. The van der Waals surface area contributed by atoms with E-state index in [-0.39, 0.29) is 6.10 Å². The van der Waals surface area contributed by atoms with E-state index in [1.165, 1.54) is 38.6 Å². The first-order valence-corrected chi connectivity index (χ1v) is 7.33. The first kappa shape index (κ1) is 14.3. The molecule has 106 valence electrons. The Bertz CT molecular complexity index is 232. The van der Waals surface area contributed by atoms with Gasteiger partial charge in [0.2, 0.25) is 0 Å². The molecule has 0 spiro atoms. The fourth-order valence-corrected chi connectivity index (χ4v) is 3.48. The molecule has 0 aromatic rings. The summed E-state index contributed by atoms with van der Waals surface area (Å²) in [4.78, 5) is 0. The number of nitrogens with one attached hydrogen (secondary N) is 2. The minimum Gasteiger partial charge on any atom is -0.382 e. The highest BCUT2D eigenvalue weighted by atomic mass is 16.5. The minimum absolute atomic E-state index is 0.174. The van der Waals surface area contributed by atoms with Gasteiger partial charge in [0, 0.05) is 32.8 Å². The summed E-state index contributed by atoms with van der Waals surface area (Å²) in [6.07, 6.45) is 6.92. The van der Waals surface area contributed by atoms with Crippen LogP contribution in [0, 0.1) is 5.92 Å². The van der Waals surface area contributed by atoms with Crippen molar-refractivity contribution in [1.29, 1.82) is 0 Å². The van der Waals surface area contributed by atoms with Crippen LogP contribution in [0.3, 0.4) is 0 Å². The van der Waals surface area contributed by atoms with Crippen molar-refractivity contribution in [3.63, 3.8) is 0 Å². The zero-order valence-electron chi connectivity index (χ0n) is 11.8. The summed E-state index contributed by atoms with van der Waals surface area (Å²) >= 11 is 0. The number of ether oxygens (including phenoxy) is 2. The van der Waals surface area contributed by atoms with Crippen LogP contribution in [0.4, 0.5) is 0 Å². The molecule has 0 bridgehead atoms. The standard InChI is InChI=1S/C14H28N2O2/c1-17-10-11(18-2)9-16-14-6-3-5-12(14)13-7-4-8-15-13/h11-16H,3-10H2,1-2H3. The van der Waals surface area contributed by atoms with E-state index in [0.29, 0.717) is 12.6 Å². The van der Waals surface area contributed by atoms with Crippen LogP contribution >= 0.6 is 0 Å². The van der Waals surface area contributed by atoms with E-state index in [0.717, 1.165) is 18.5 Å². The van der Waals surface area contributed by atoms with Crippen molar-refractivity contribution in [1.82, 2.24) is 10.6 Å². The van der Waals surface area contributed by atoms with Gasteiger partial charge in [-0.25, -0.2) is 0 Å². The van der Waals surface area contributed by atoms with Gasteiger partial charge in [0.25, 0.3) is 0 Å². The van der Waals surface area contributed by atoms with Crippen LogP contribution in [0.25, 0.3) is 0 Å². The van der Waals surface area contributed by atoms with Crippen molar-refractivity contribution in [2.24, 2.45) is 5.92 Å². The zero-order chi connectivity index (χ0) is 12.8. The first-order chi connectivity index (χ1) is 8.85. The van der Waals surface area contributed by atoms with Crippen molar-refractivity contribution in [3.05, 3.63) is 0 Å². The van der Waals surface area contributed by atoms with Crippen LogP contribution in [0.2, 0.25) is 0 Å². The molecule has 4 heteroatoms. The average Bonchev–Trinajstić information content (AvgIpc) is 3.04. The lowest BCUT2D eigenvalue weighted by Crippen LogP contribution is -2.45. The molecule has 1 aliphatic heterocycles. The Morgan fingerprint density at radius 3 is 2.78 bits per heavy atom. The monoisotopic (exact) mass is 256 g/mol. The largest absolute Gasteiger partial charge is 0.382 e. The second-order valence-corrected chi connectivity index (χ2v) is 5.63. The highest BCUT2D eigenvalue weighted by Crippen LogP contribution is 2.31. The molecule has 0 radical (unpaired) electrons. The maximum absolute atomic E-state index is 5.41. The lowest BCUT2D eigenvalue weighted by Gasteiger charge is -2.28. The van der Waals surface area contributed by atoms with Crippen LogP contribution in [-0.4, -0.2) is 52.1 Å². The van der Waals surface area contributed by atoms with Crippen molar-refractivity contribution in [3.8, 4) is 0 Å². The smallest absolute Gasteiger partial charge is 0.0928 e. The van der Waals surface area contributed by atoms with Crippen LogP contribution in [0.5, 0.6) is 0 Å². The summed E-state index contributed by atoms with van der Waals surface area (Å²) < 4.78 is 10.6. The Morgan fingerprint density at radius 2 is 2.11 bits per heavy atom. The van der Waals surface area contributed by atoms with Gasteiger partial charge in [-0.05, 0) is 38.1 Å². The molecule has 0 amide bonds. The summed E-state index contributed by atoms with van der Waals surface area (Å²) in [6.45, 7) is 2.78. The predicted molar refractivity (Wildman–Crippen MR) is 72.8 cm³/mol. The molecule has 1 aliphatic carbocycles. The van der Waals surface area contributed by atoms with Gasteiger partial charge in [-0.1, -0.05) is 6.42 Å². The first-order valence-electron chi connectivity index (χ1n) is 7.33. The van der Waals surface area contributed by atoms with Crippen LogP contribution in [0.15, 0.2) is 0 Å². The number of rotatable bonds is 7. The van der Waals surface area contributed by atoms with Crippen molar-refractivity contribution >= 4 is 0 Å². The Kier molecular flexibility index (Phi) is 5.89. The van der Waals surface area contributed by atoms with Gasteiger partial charge in [-0.15, -0.1) is 0 Å².